The highest BCUT2D eigenvalue weighted by Gasteiger charge is 2.19. The van der Waals surface area contributed by atoms with Crippen molar-refractivity contribution in [1.29, 1.82) is 0 Å². The first-order chi connectivity index (χ1) is 29.5. The van der Waals surface area contributed by atoms with Crippen LogP contribution in [0.2, 0.25) is 0 Å². The van der Waals surface area contributed by atoms with Crippen molar-refractivity contribution in [2.75, 3.05) is 13.2 Å². The molecule has 6 heteroatoms. The molecule has 0 unspecified atom stereocenters. The van der Waals surface area contributed by atoms with Crippen molar-refractivity contribution in [2.24, 2.45) is 0 Å². The van der Waals surface area contributed by atoms with Gasteiger partial charge in [-0.1, -0.05) is 195 Å². The average Bonchev–Trinajstić information content (AvgIpc) is 3.25. The van der Waals surface area contributed by atoms with Gasteiger partial charge in [-0.15, -0.1) is 0 Å². The third-order valence-corrected chi connectivity index (χ3v) is 13.2. The molecule has 0 aromatic carbocycles. The van der Waals surface area contributed by atoms with Crippen LogP contribution in [0.5, 0.6) is 0 Å². The molecule has 1 rings (SSSR count). The van der Waals surface area contributed by atoms with E-state index in [0.29, 0.717) is 24.9 Å². The van der Waals surface area contributed by atoms with E-state index in [1.807, 2.05) is 0 Å². The molecular formula is C54H105NO5. The van der Waals surface area contributed by atoms with E-state index >= 15 is 0 Å². The van der Waals surface area contributed by atoms with Crippen LogP contribution in [0.15, 0.2) is 0 Å². The molecule has 6 nitrogen and oxygen atoms in total. The summed E-state index contributed by atoms with van der Waals surface area (Å²) in [6, 6.07) is 1.10. The molecule has 0 aliphatic carbocycles. The Balaban J connectivity index is 2.40. The molecule has 0 aromatic rings. The highest BCUT2D eigenvalue weighted by molar-refractivity contribution is 5.69. The molecule has 1 fully saturated rings. The standard InChI is InChI=1S/C54H105NO5/c1-5-9-13-17-21-31-39-51(40-32-22-18-14-10-6-2)59-53(56)43-35-27-25-29-37-49(55-50-45-47-58-48-46-50)38-30-26-28-36-44-54(57)60-52(41-33-23-19-15-11-7-3)42-34-24-20-16-12-8-4/h49-52,55H,5-48H2,1-4H3. The van der Waals surface area contributed by atoms with E-state index in [2.05, 4.69) is 33.0 Å². The maximum absolute atomic E-state index is 12.9. The number of nitrogens with one attached hydrogen (secondary N) is 1. The van der Waals surface area contributed by atoms with E-state index in [-0.39, 0.29) is 24.1 Å². The molecule has 60 heavy (non-hydrogen) atoms. The molecule has 1 aliphatic heterocycles. The molecule has 0 aromatic heterocycles. The maximum atomic E-state index is 12.9. The van der Waals surface area contributed by atoms with Crippen LogP contribution in [-0.2, 0) is 23.8 Å². The Hall–Kier alpha value is -1.14. The van der Waals surface area contributed by atoms with Crippen molar-refractivity contribution in [2.45, 2.75) is 322 Å². The second kappa shape index (κ2) is 44.5. The summed E-state index contributed by atoms with van der Waals surface area (Å²) in [5.74, 6) is 0.0656. The van der Waals surface area contributed by atoms with Crippen LogP contribution in [0.4, 0.5) is 0 Å². The zero-order valence-corrected chi connectivity index (χ0v) is 41.0. The van der Waals surface area contributed by atoms with Gasteiger partial charge in [0.25, 0.3) is 0 Å². The zero-order chi connectivity index (χ0) is 43.4. The van der Waals surface area contributed by atoms with Gasteiger partial charge in [-0.3, -0.25) is 9.59 Å². The molecule has 0 spiro atoms. The van der Waals surface area contributed by atoms with Gasteiger partial charge in [-0.05, 0) is 89.9 Å². The lowest BCUT2D eigenvalue weighted by Crippen LogP contribution is -2.41. The number of hydrogen-bond acceptors (Lipinski definition) is 6. The van der Waals surface area contributed by atoms with E-state index in [0.717, 1.165) is 77.4 Å². The molecule has 0 amide bonds. The average molecular weight is 848 g/mol. The summed E-state index contributed by atoms with van der Waals surface area (Å²) in [7, 11) is 0. The summed E-state index contributed by atoms with van der Waals surface area (Å²) in [5.41, 5.74) is 0. The lowest BCUT2D eigenvalue weighted by molar-refractivity contribution is -0.151. The summed E-state index contributed by atoms with van der Waals surface area (Å²) < 4.78 is 17.9. The van der Waals surface area contributed by atoms with E-state index < -0.39 is 0 Å². The quantitative estimate of drug-likeness (QED) is 0.0486. The zero-order valence-electron chi connectivity index (χ0n) is 41.0. The van der Waals surface area contributed by atoms with Crippen LogP contribution in [0.25, 0.3) is 0 Å². The number of carbonyl (C=O) groups excluding carboxylic acids is 2. The molecule has 0 radical (unpaired) electrons. The van der Waals surface area contributed by atoms with Gasteiger partial charge in [0.15, 0.2) is 0 Å². The van der Waals surface area contributed by atoms with Crippen molar-refractivity contribution >= 4 is 11.9 Å². The highest BCUT2D eigenvalue weighted by Crippen LogP contribution is 2.21. The van der Waals surface area contributed by atoms with Gasteiger partial charge < -0.3 is 19.5 Å². The van der Waals surface area contributed by atoms with Gasteiger partial charge in [0.2, 0.25) is 0 Å². The van der Waals surface area contributed by atoms with Crippen LogP contribution >= 0.6 is 0 Å². The van der Waals surface area contributed by atoms with Gasteiger partial charge in [-0.2, -0.15) is 0 Å². The SMILES string of the molecule is CCCCCCCCC(CCCCCCCC)OC(=O)CCCCCCC(CCCCCCC(=O)OC(CCCCCCCC)CCCCCCCC)NC1CCOCC1. The fourth-order valence-electron chi connectivity index (χ4n) is 9.16. The van der Waals surface area contributed by atoms with Crippen molar-refractivity contribution in [3.05, 3.63) is 0 Å². The minimum Gasteiger partial charge on any atom is -0.462 e. The van der Waals surface area contributed by atoms with Crippen molar-refractivity contribution in [3.8, 4) is 0 Å². The first kappa shape index (κ1) is 56.9. The number of unbranched alkanes of at least 4 members (excludes halogenated alkanes) is 26. The molecule has 0 atom stereocenters. The Morgan fingerprint density at radius 2 is 0.700 bits per heavy atom. The molecule has 1 N–H and O–H groups in total. The smallest absolute Gasteiger partial charge is 0.306 e. The maximum Gasteiger partial charge on any atom is 0.306 e. The first-order valence-electron chi connectivity index (χ1n) is 27.2. The van der Waals surface area contributed by atoms with Crippen LogP contribution in [0.1, 0.15) is 297 Å². The predicted octanol–water partition coefficient (Wildman–Crippen LogP) is 16.6. The van der Waals surface area contributed by atoms with E-state index in [1.165, 1.54) is 193 Å². The normalized spacial score (nSPS) is 13.6. The number of esters is 2. The molecule has 0 bridgehead atoms. The third-order valence-electron chi connectivity index (χ3n) is 13.2. The Labute approximate surface area is 374 Å². The van der Waals surface area contributed by atoms with Crippen molar-refractivity contribution in [1.82, 2.24) is 5.32 Å². The van der Waals surface area contributed by atoms with Crippen molar-refractivity contribution in [3.63, 3.8) is 0 Å². The molecule has 1 saturated heterocycles. The van der Waals surface area contributed by atoms with E-state index in [4.69, 9.17) is 14.2 Å². The van der Waals surface area contributed by atoms with Crippen molar-refractivity contribution < 1.29 is 23.8 Å². The number of rotatable bonds is 46. The summed E-state index contributed by atoms with van der Waals surface area (Å²) in [5, 5.41) is 4.01. The lowest BCUT2D eigenvalue weighted by atomic mass is 9.98. The van der Waals surface area contributed by atoms with Crippen LogP contribution in [0.3, 0.4) is 0 Å². The summed E-state index contributed by atoms with van der Waals surface area (Å²) >= 11 is 0. The van der Waals surface area contributed by atoms with Gasteiger partial charge in [0, 0.05) is 38.1 Å². The molecule has 0 saturated carbocycles. The molecule has 356 valence electrons. The van der Waals surface area contributed by atoms with E-state index in [1.54, 1.807) is 0 Å². The van der Waals surface area contributed by atoms with Gasteiger partial charge in [0.1, 0.15) is 12.2 Å². The fourth-order valence-corrected chi connectivity index (χ4v) is 9.16. The lowest BCUT2D eigenvalue weighted by Gasteiger charge is -2.29. The fraction of sp³-hybridized carbons (Fsp3) is 0.963. The molecular weight excluding hydrogens is 743 g/mol. The first-order valence-corrected chi connectivity index (χ1v) is 27.2. The highest BCUT2D eigenvalue weighted by atomic mass is 16.5. The minimum atomic E-state index is 0.0328. The summed E-state index contributed by atoms with van der Waals surface area (Å²) in [6.07, 6.45) is 49.9. The number of hydrogen-bond donors (Lipinski definition) is 1. The Kier molecular flexibility index (Phi) is 42.2. The number of ether oxygens (including phenoxy) is 3. The summed E-state index contributed by atoms with van der Waals surface area (Å²) in [6.45, 7) is 10.8. The largest absolute Gasteiger partial charge is 0.462 e. The predicted molar refractivity (Wildman–Crippen MR) is 258 cm³/mol. The third kappa shape index (κ3) is 37.4. The topological polar surface area (TPSA) is 73.9 Å². The number of carbonyl (C=O) groups is 2. The van der Waals surface area contributed by atoms with Gasteiger partial charge >= 0.3 is 11.9 Å². The Morgan fingerprint density at radius 1 is 0.417 bits per heavy atom. The van der Waals surface area contributed by atoms with Gasteiger partial charge in [0.05, 0.1) is 0 Å². The van der Waals surface area contributed by atoms with Crippen LogP contribution in [-0.4, -0.2) is 49.4 Å². The minimum absolute atomic E-state index is 0.0328. The van der Waals surface area contributed by atoms with Crippen LogP contribution in [0, 0.1) is 0 Å². The second-order valence-electron chi connectivity index (χ2n) is 19.1. The summed E-state index contributed by atoms with van der Waals surface area (Å²) in [4.78, 5) is 25.8. The Morgan fingerprint density at radius 3 is 1.03 bits per heavy atom. The van der Waals surface area contributed by atoms with Crippen LogP contribution < -0.4 is 5.32 Å². The Bertz CT molecular complexity index is 813. The van der Waals surface area contributed by atoms with Gasteiger partial charge in [-0.25, -0.2) is 0 Å². The van der Waals surface area contributed by atoms with E-state index in [9.17, 15) is 9.59 Å². The molecule has 1 heterocycles. The molecule has 1 aliphatic rings. The monoisotopic (exact) mass is 848 g/mol. The second-order valence-corrected chi connectivity index (χ2v) is 19.1.